The molecule has 1 amide bonds. The molecule has 1 fully saturated rings. The summed E-state index contributed by atoms with van der Waals surface area (Å²) >= 11 is 2.67. The fourth-order valence-electron chi connectivity index (χ4n) is 2.33. The smallest absolute Gasteiger partial charge is 0.276 e. The summed E-state index contributed by atoms with van der Waals surface area (Å²) in [6.07, 6.45) is 0. The number of morpholine rings is 1. The first-order valence-electron chi connectivity index (χ1n) is 6.86. The second-order valence-corrected chi connectivity index (χ2v) is 6.37. The van der Waals surface area contributed by atoms with Crippen LogP contribution in [0.1, 0.15) is 22.4 Å². The largest absolute Gasteiger partial charge is 0.377 e. The van der Waals surface area contributed by atoms with Gasteiger partial charge in [-0.2, -0.15) is 4.98 Å². The Kier molecular flexibility index (Phi) is 3.85. The summed E-state index contributed by atoms with van der Waals surface area (Å²) in [7, 11) is 0. The lowest BCUT2D eigenvalue weighted by Crippen LogP contribution is -2.43. The van der Waals surface area contributed by atoms with Crippen molar-refractivity contribution in [1.82, 2.24) is 24.6 Å². The van der Waals surface area contributed by atoms with Crippen LogP contribution < -0.4 is 0 Å². The Labute approximate surface area is 138 Å². The van der Waals surface area contributed by atoms with Crippen LogP contribution in [0, 0.1) is 0 Å². The predicted molar refractivity (Wildman–Crippen MR) is 82.1 cm³/mol. The third kappa shape index (κ3) is 2.76. The molecule has 0 aromatic carbocycles. The van der Waals surface area contributed by atoms with Crippen LogP contribution >= 0.6 is 22.9 Å². The Morgan fingerprint density at radius 2 is 2.39 bits per heavy atom. The van der Waals surface area contributed by atoms with E-state index in [1.165, 1.54) is 11.3 Å². The van der Waals surface area contributed by atoms with Gasteiger partial charge in [-0.15, -0.1) is 16.4 Å². The first kappa shape index (κ1) is 14.4. The zero-order chi connectivity index (χ0) is 15.6. The van der Waals surface area contributed by atoms with Gasteiger partial charge in [0.05, 0.1) is 18.1 Å². The van der Waals surface area contributed by atoms with Crippen LogP contribution in [0.25, 0.3) is 10.7 Å². The van der Waals surface area contributed by atoms with Gasteiger partial charge in [0.15, 0.2) is 5.69 Å². The van der Waals surface area contributed by atoms with Crippen molar-refractivity contribution in [3.05, 3.63) is 34.5 Å². The monoisotopic (exact) mass is 349 g/mol. The summed E-state index contributed by atoms with van der Waals surface area (Å²) in [5.41, 5.74) is 0.319. The maximum Gasteiger partial charge on any atom is 0.276 e. The van der Waals surface area contributed by atoms with Gasteiger partial charge in [-0.25, -0.2) is 0 Å². The number of hydrogen-bond acceptors (Lipinski definition) is 9. The molecule has 1 saturated heterocycles. The second kappa shape index (κ2) is 6.14. The van der Waals surface area contributed by atoms with Crippen LogP contribution in [0.15, 0.2) is 27.4 Å². The molecule has 8 nitrogen and oxygen atoms in total. The Balaban J connectivity index is 1.62. The number of hydrogen-bond donors (Lipinski definition) is 0. The molecule has 1 aliphatic rings. The average Bonchev–Trinajstić information content (AvgIpc) is 3.35. The van der Waals surface area contributed by atoms with Crippen molar-refractivity contribution in [2.24, 2.45) is 0 Å². The van der Waals surface area contributed by atoms with E-state index >= 15 is 0 Å². The maximum absolute atomic E-state index is 12.6. The van der Waals surface area contributed by atoms with E-state index < -0.39 is 6.04 Å². The lowest BCUT2D eigenvalue weighted by atomic mass is 10.2. The van der Waals surface area contributed by atoms with Gasteiger partial charge in [0.1, 0.15) is 6.04 Å². The van der Waals surface area contributed by atoms with Crippen LogP contribution in [-0.4, -0.2) is 50.3 Å². The van der Waals surface area contributed by atoms with Gasteiger partial charge < -0.3 is 14.2 Å². The van der Waals surface area contributed by atoms with Crippen molar-refractivity contribution in [1.29, 1.82) is 0 Å². The van der Waals surface area contributed by atoms with E-state index in [9.17, 15) is 4.79 Å². The van der Waals surface area contributed by atoms with E-state index in [-0.39, 0.29) is 5.91 Å². The SMILES string of the molecule is O=C(c1csnn1)N1CCOCC1c1nc(-c2cccs2)no1. The molecule has 1 unspecified atom stereocenters. The molecule has 1 atom stereocenters. The van der Waals surface area contributed by atoms with Gasteiger partial charge in [0.25, 0.3) is 11.8 Å². The molecular weight excluding hydrogens is 338 g/mol. The number of carbonyl (C=O) groups is 1. The first-order chi connectivity index (χ1) is 11.3. The molecule has 4 heterocycles. The lowest BCUT2D eigenvalue weighted by molar-refractivity contribution is -0.0122. The lowest BCUT2D eigenvalue weighted by Gasteiger charge is -2.32. The highest BCUT2D eigenvalue weighted by atomic mass is 32.1. The molecule has 0 aliphatic carbocycles. The van der Waals surface area contributed by atoms with Crippen molar-refractivity contribution < 1.29 is 14.1 Å². The standard InChI is InChI=1S/C13H11N5O3S2/c19-13(8-7-23-17-15-8)18-3-4-20-6-9(18)12-14-11(16-21-12)10-2-1-5-22-10/h1-2,5,7,9H,3-4,6H2. The average molecular weight is 349 g/mol. The van der Waals surface area contributed by atoms with Crippen molar-refractivity contribution in [2.45, 2.75) is 6.04 Å². The third-order valence-electron chi connectivity index (χ3n) is 3.44. The van der Waals surface area contributed by atoms with Crippen LogP contribution in [0.3, 0.4) is 0 Å². The van der Waals surface area contributed by atoms with Crippen LogP contribution in [0.5, 0.6) is 0 Å². The van der Waals surface area contributed by atoms with Crippen molar-refractivity contribution in [2.75, 3.05) is 19.8 Å². The minimum atomic E-state index is -0.417. The molecule has 3 aromatic heterocycles. The third-order valence-corrected chi connectivity index (χ3v) is 4.81. The van der Waals surface area contributed by atoms with Crippen LogP contribution in [-0.2, 0) is 4.74 Å². The van der Waals surface area contributed by atoms with E-state index in [0.717, 1.165) is 16.4 Å². The zero-order valence-corrected chi connectivity index (χ0v) is 13.4. The highest BCUT2D eigenvalue weighted by Gasteiger charge is 2.34. The summed E-state index contributed by atoms with van der Waals surface area (Å²) in [6, 6.07) is 3.42. The van der Waals surface area contributed by atoms with Gasteiger partial charge >= 0.3 is 0 Å². The summed E-state index contributed by atoms with van der Waals surface area (Å²) < 4.78 is 14.6. The minimum absolute atomic E-state index is 0.206. The van der Waals surface area contributed by atoms with E-state index in [1.54, 1.807) is 10.3 Å². The van der Waals surface area contributed by atoms with E-state index in [0.29, 0.717) is 37.2 Å². The molecule has 3 aromatic rings. The summed E-state index contributed by atoms with van der Waals surface area (Å²) in [4.78, 5) is 19.5. The molecule has 1 aliphatic heterocycles. The van der Waals surface area contributed by atoms with Crippen LogP contribution in [0.2, 0.25) is 0 Å². The number of carbonyl (C=O) groups excluding carboxylic acids is 1. The van der Waals surface area contributed by atoms with E-state index in [2.05, 4.69) is 19.7 Å². The van der Waals surface area contributed by atoms with E-state index in [4.69, 9.17) is 9.26 Å². The summed E-state index contributed by atoms with van der Waals surface area (Å²) in [5, 5.41) is 11.4. The van der Waals surface area contributed by atoms with Crippen molar-refractivity contribution >= 4 is 28.8 Å². The fraction of sp³-hybridized carbons (Fsp3) is 0.308. The van der Waals surface area contributed by atoms with Gasteiger partial charge in [-0.3, -0.25) is 4.79 Å². The van der Waals surface area contributed by atoms with Crippen molar-refractivity contribution in [3.8, 4) is 10.7 Å². The molecule has 10 heteroatoms. The number of nitrogens with zero attached hydrogens (tertiary/aromatic N) is 5. The molecular formula is C13H11N5O3S2. The molecule has 23 heavy (non-hydrogen) atoms. The summed E-state index contributed by atoms with van der Waals surface area (Å²) in [5.74, 6) is 0.677. The normalized spacial score (nSPS) is 18.3. The highest BCUT2D eigenvalue weighted by molar-refractivity contribution is 7.13. The van der Waals surface area contributed by atoms with Gasteiger partial charge in [0.2, 0.25) is 5.82 Å². The number of ether oxygens (including phenoxy) is 1. The topological polar surface area (TPSA) is 94.2 Å². The first-order valence-corrected chi connectivity index (χ1v) is 8.58. The molecule has 4 rings (SSSR count). The fourth-order valence-corrected chi connectivity index (χ4v) is 3.41. The molecule has 0 spiro atoms. The molecule has 0 bridgehead atoms. The Morgan fingerprint density at radius 1 is 1.43 bits per heavy atom. The van der Waals surface area contributed by atoms with Crippen molar-refractivity contribution in [3.63, 3.8) is 0 Å². The zero-order valence-electron chi connectivity index (χ0n) is 11.8. The van der Waals surface area contributed by atoms with Gasteiger partial charge in [-0.1, -0.05) is 15.7 Å². The highest BCUT2D eigenvalue weighted by Crippen LogP contribution is 2.28. The molecule has 0 radical (unpaired) electrons. The number of thiophene rings is 1. The van der Waals surface area contributed by atoms with Gasteiger partial charge in [0, 0.05) is 11.9 Å². The maximum atomic E-state index is 12.6. The van der Waals surface area contributed by atoms with Gasteiger partial charge in [-0.05, 0) is 23.0 Å². The molecule has 118 valence electrons. The van der Waals surface area contributed by atoms with Crippen LogP contribution in [0.4, 0.5) is 0 Å². The number of amides is 1. The molecule has 0 N–H and O–H groups in total. The Hall–Kier alpha value is -2.17. The summed E-state index contributed by atoms with van der Waals surface area (Å²) in [6.45, 7) is 1.22. The quantitative estimate of drug-likeness (QED) is 0.712. The molecule has 0 saturated carbocycles. The van der Waals surface area contributed by atoms with E-state index in [1.807, 2.05) is 17.5 Å². The Bertz CT molecular complexity index is 787. The minimum Gasteiger partial charge on any atom is -0.377 e. The Morgan fingerprint density at radius 3 is 3.17 bits per heavy atom. The number of aromatic nitrogens is 4. The second-order valence-electron chi connectivity index (χ2n) is 4.81. The predicted octanol–water partition coefficient (Wildman–Crippen LogP) is 1.86. The number of rotatable bonds is 3.